The Morgan fingerprint density at radius 2 is 1.00 bits per heavy atom. The molecule has 0 aromatic rings. The number of carbonyl (C=O) groups is 3. The zero-order chi connectivity index (χ0) is 42.1. The first-order valence-corrected chi connectivity index (χ1v) is 22.1. The van der Waals surface area contributed by atoms with E-state index in [0.717, 1.165) is 77.0 Å². The van der Waals surface area contributed by atoms with Crippen LogP contribution in [0.15, 0.2) is 85.1 Å². The van der Waals surface area contributed by atoms with Gasteiger partial charge in [-0.3, -0.25) is 9.59 Å². The SMILES string of the molecule is CC/C=C/C/C=C/C/C=C/C/C=C/C/C=C/C/C=C/CCCC(=O)OC(COCCC(C(=O)O)[N+](C)(C)C)COC(=O)CCCCC/C=C/CCCCCCCC. The molecule has 0 bridgehead atoms. The van der Waals surface area contributed by atoms with Gasteiger partial charge >= 0.3 is 17.9 Å². The molecule has 8 heteroatoms. The number of likely N-dealkylation sites (N-methyl/N-ethyl adjacent to an activating group) is 1. The summed E-state index contributed by atoms with van der Waals surface area (Å²) in [6.07, 6.45) is 50.6. The van der Waals surface area contributed by atoms with Gasteiger partial charge in [-0.1, -0.05) is 137 Å². The molecule has 8 nitrogen and oxygen atoms in total. The number of rotatable bonds is 38. The number of carboxylic acid groups (broad SMARTS) is 1. The second-order valence-electron chi connectivity index (χ2n) is 15.6. The van der Waals surface area contributed by atoms with Crippen LogP contribution in [0.2, 0.25) is 0 Å². The van der Waals surface area contributed by atoms with E-state index in [4.69, 9.17) is 14.2 Å². The van der Waals surface area contributed by atoms with Gasteiger partial charge in [0.05, 0.1) is 34.4 Å². The molecule has 0 aromatic heterocycles. The van der Waals surface area contributed by atoms with Gasteiger partial charge in [0, 0.05) is 19.3 Å². The van der Waals surface area contributed by atoms with Crippen molar-refractivity contribution in [2.45, 2.75) is 167 Å². The third kappa shape index (κ3) is 37.8. The largest absolute Gasteiger partial charge is 0.477 e. The lowest BCUT2D eigenvalue weighted by atomic mass is 10.1. The Hall–Kier alpha value is -3.49. The first-order valence-electron chi connectivity index (χ1n) is 22.1. The molecular weight excluding hydrogens is 715 g/mol. The van der Waals surface area contributed by atoms with Gasteiger partial charge in [-0.2, -0.15) is 0 Å². The number of hydrogen-bond acceptors (Lipinski definition) is 6. The van der Waals surface area contributed by atoms with Crippen LogP contribution in [0.25, 0.3) is 0 Å². The van der Waals surface area contributed by atoms with Crippen LogP contribution < -0.4 is 0 Å². The second kappa shape index (κ2) is 39.3. The van der Waals surface area contributed by atoms with Gasteiger partial charge in [0.2, 0.25) is 0 Å². The minimum atomic E-state index is -0.890. The van der Waals surface area contributed by atoms with Crippen LogP contribution >= 0.6 is 0 Å². The Kier molecular flexibility index (Phi) is 36.9. The maximum atomic E-state index is 12.7. The number of allylic oxidation sites excluding steroid dienone is 14. The van der Waals surface area contributed by atoms with Crippen LogP contribution in [-0.2, 0) is 28.6 Å². The van der Waals surface area contributed by atoms with Crippen molar-refractivity contribution in [1.82, 2.24) is 0 Å². The summed E-state index contributed by atoms with van der Waals surface area (Å²) in [6, 6.07) is -0.631. The lowest BCUT2D eigenvalue weighted by Crippen LogP contribution is -2.50. The highest BCUT2D eigenvalue weighted by Crippen LogP contribution is 2.12. The molecule has 2 unspecified atom stereocenters. The minimum absolute atomic E-state index is 0.0285. The predicted octanol–water partition coefficient (Wildman–Crippen LogP) is 12.1. The van der Waals surface area contributed by atoms with Crippen molar-refractivity contribution >= 4 is 17.9 Å². The number of carboxylic acids is 1. The van der Waals surface area contributed by atoms with Gasteiger partial charge < -0.3 is 23.8 Å². The van der Waals surface area contributed by atoms with Gasteiger partial charge in [0.15, 0.2) is 12.1 Å². The molecule has 0 saturated heterocycles. The van der Waals surface area contributed by atoms with Crippen LogP contribution in [0.4, 0.5) is 0 Å². The van der Waals surface area contributed by atoms with Crippen LogP contribution in [0, 0.1) is 0 Å². The number of quaternary nitrogens is 1. The number of unbranched alkanes of at least 4 members (excludes halogenated alkanes) is 10. The molecule has 0 heterocycles. The molecule has 2 atom stereocenters. The van der Waals surface area contributed by atoms with Crippen molar-refractivity contribution in [3.63, 3.8) is 0 Å². The van der Waals surface area contributed by atoms with Crippen molar-refractivity contribution in [2.75, 3.05) is 41.0 Å². The number of esters is 2. The summed E-state index contributed by atoms with van der Waals surface area (Å²) in [5.41, 5.74) is 0. The average Bonchev–Trinajstić information content (AvgIpc) is 3.17. The summed E-state index contributed by atoms with van der Waals surface area (Å²) in [4.78, 5) is 36.9. The normalized spacial score (nSPS) is 13.8. The predicted molar refractivity (Wildman–Crippen MR) is 238 cm³/mol. The fourth-order valence-corrected chi connectivity index (χ4v) is 5.86. The molecule has 324 valence electrons. The lowest BCUT2D eigenvalue weighted by molar-refractivity contribution is -0.887. The highest BCUT2D eigenvalue weighted by Gasteiger charge is 2.31. The summed E-state index contributed by atoms with van der Waals surface area (Å²) in [7, 11) is 5.49. The first-order chi connectivity index (χ1) is 27.6. The Morgan fingerprint density at radius 3 is 1.53 bits per heavy atom. The Balaban J connectivity index is 4.49. The summed E-state index contributed by atoms with van der Waals surface area (Å²) in [5.74, 6) is -1.58. The molecule has 0 rings (SSSR count). The van der Waals surface area contributed by atoms with E-state index in [1.807, 2.05) is 21.1 Å². The van der Waals surface area contributed by atoms with Crippen LogP contribution in [0.3, 0.4) is 0 Å². The van der Waals surface area contributed by atoms with Gasteiger partial charge in [-0.05, 0) is 83.5 Å². The molecular formula is C49H82NO7+. The summed E-state index contributed by atoms with van der Waals surface area (Å²) < 4.78 is 17.2. The first kappa shape index (κ1) is 53.5. The van der Waals surface area contributed by atoms with Gasteiger partial charge in [-0.15, -0.1) is 0 Å². The Morgan fingerprint density at radius 1 is 0.544 bits per heavy atom. The second-order valence-corrected chi connectivity index (χ2v) is 15.6. The van der Waals surface area contributed by atoms with Crippen molar-refractivity contribution < 1.29 is 38.2 Å². The average molecular weight is 797 g/mol. The third-order valence-corrected chi connectivity index (χ3v) is 9.28. The van der Waals surface area contributed by atoms with Crippen molar-refractivity contribution in [1.29, 1.82) is 0 Å². The zero-order valence-corrected chi connectivity index (χ0v) is 36.8. The van der Waals surface area contributed by atoms with E-state index in [9.17, 15) is 19.5 Å². The summed E-state index contributed by atoms with van der Waals surface area (Å²) >= 11 is 0. The van der Waals surface area contributed by atoms with E-state index in [1.54, 1.807) is 0 Å². The van der Waals surface area contributed by atoms with Crippen LogP contribution in [0.1, 0.15) is 155 Å². The summed E-state index contributed by atoms with van der Waals surface area (Å²) in [5, 5.41) is 9.61. The Labute approximate surface area is 348 Å². The minimum Gasteiger partial charge on any atom is -0.477 e. The van der Waals surface area contributed by atoms with Crippen molar-refractivity contribution in [2.24, 2.45) is 0 Å². The topological polar surface area (TPSA) is 99.1 Å². The zero-order valence-electron chi connectivity index (χ0n) is 36.8. The molecule has 57 heavy (non-hydrogen) atoms. The van der Waals surface area contributed by atoms with Gasteiger partial charge in [0.1, 0.15) is 6.61 Å². The molecule has 0 aliphatic heterocycles. The number of carbonyl (C=O) groups excluding carboxylic acids is 2. The highest BCUT2D eigenvalue weighted by molar-refractivity contribution is 5.72. The van der Waals surface area contributed by atoms with Crippen molar-refractivity contribution in [3.8, 4) is 0 Å². The smallest absolute Gasteiger partial charge is 0.362 e. The number of ether oxygens (including phenoxy) is 3. The maximum Gasteiger partial charge on any atom is 0.362 e. The molecule has 0 spiro atoms. The molecule has 0 fully saturated rings. The van der Waals surface area contributed by atoms with E-state index in [1.165, 1.54) is 38.5 Å². The molecule has 0 amide bonds. The number of aliphatic carboxylic acids is 1. The molecule has 0 aliphatic carbocycles. The monoisotopic (exact) mass is 797 g/mol. The van der Waals surface area contributed by atoms with E-state index in [-0.39, 0.29) is 42.7 Å². The molecule has 0 aliphatic rings. The maximum absolute atomic E-state index is 12.7. The highest BCUT2D eigenvalue weighted by atomic mass is 16.6. The standard InChI is InChI=1S/C49H81NO7/c1-6-8-10-12-14-16-18-20-21-22-23-24-25-26-28-30-32-34-36-38-40-48(52)57-45(43-55-42-41-46(49(53)54)50(3,4)5)44-56-47(51)39-37-35-33-31-29-27-19-17-15-13-11-9-7-2/h8,10,14,16,20-21,23-24,26-29,32,34,45-46H,6-7,9,11-13,15,17-19,22,25,30-31,33,35-44H2,1-5H3/p+1/b10-8+,16-14+,21-20+,24-23+,28-26+,29-27+,34-32+. The molecule has 1 N–H and O–H groups in total. The van der Waals surface area contributed by atoms with E-state index in [0.29, 0.717) is 19.3 Å². The van der Waals surface area contributed by atoms with Crippen LogP contribution in [-0.4, -0.2) is 80.6 Å². The van der Waals surface area contributed by atoms with E-state index in [2.05, 4.69) is 98.9 Å². The fourth-order valence-electron chi connectivity index (χ4n) is 5.86. The van der Waals surface area contributed by atoms with Crippen LogP contribution in [0.5, 0.6) is 0 Å². The third-order valence-electron chi connectivity index (χ3n) is 9.28. The lowest BCUT2D eigenvalue weighted by Gasteiger charge is -2.31. The number of hydrogen-bond donors (Lipinski definition) is 1. The van der Waals surface area contributed by atoms with Gasteiger partial charge in [0.25, 0.3) is 0 Å². The van der Waals surface area contributed by atoms with E-state index < -0.39 is 18.1 Å². The quantitative estimate of drug-likeness (QED) is 0.0287. The van der Waals surface area contributed by atoms with Crippen molar-refractivity contribution in [3.05, 3.63) is 85.1 Å². The van der Waals surface area contributed by atoms with Gasteiger partial charge in [-0.25, -0.2) is 4.79 Å². The summed E-state index contributed by atoms with van der Waals surface area (Å²) in [6.45, 7) is 4.52. The molecule has 0 saturated carbocycles. The fraction of sp³-hybridized carbons (Fsp3) is 0.653. The van der Waals surface area contributed by atoms with E-state index >= 15 is 0 Å². The molecule has 0 radical (unpaired) electrons. The Bertz CT molecular complexity index is 1200. The molecule has 0 aromatic carbocycles. The number of nitrogens with zero attached hydrogens (tertiary/aromatic N) is 1.